The van der Waals surface area contributed by atoms with E-state index in [1.807, 2.05) is 26.1 Å². The summed E-state index contributed by atoms with van der Waals surface area (Å²) in [5, 5.41) is 10.6. The van der Waals surface area contributed by atoms with E-state index < -0.39 is 0 Å². The van der Waals surface area contributed by atoms with Crippen molar-refractivity contribution in [2.45, 2.75) is 13.0 Å². The molecule has 1 unspecified atom stereocenters. The van der Waals surface area contributed by atoms with Crippen LogP contribution in [0, 0.1) is 0 Å². The molecule has 0 aliphatic carbocycles. The van der Waals surface area contributed by atoms with Crippen LogP contribution < -0.4 is 11.1 Å². The molecule has 6 nitrogen and oxygen atoms in total. The molecule has 1 aromatic heterocycles. The monoisotopic (exact) mass is 271 g/mol. The quantitative estimate of drug-likeness (QED) is 0.648. The van der Waals surface area contributed by atoms with Crippen LogP contribution >= 0.6 is 0 Å². The lowest BCUT2D eigenvalue weighted by Gasteiger charge is -2.11. The van der Waals surface area contributed by atoms with Gasteiger partial charge in [0.25, 0.3) is 0 Å². The van der Waals surface area contributed by atoms with Crippen LogP contribution in [0.5, 0.6) is 0 Å². The Kier molecular flexibility index (Phi) is 4.14. The highest BCUT2D eigenvalue weighted by Crippen LogP contribution is 2.09. The number of rotatable bonds is 4. The molecule has 0 spiro atoms. The molecule has 20 heavy (non-hydrogen) atoms. The van der Waals surface area contributed by atoms with E-state index in [2.05, 4.69) is 15.5 Å². The zero-order valence-corrected chi connectivity index (χ0v) is 11.4. The van der Waals surface area contributed by atoms with Gasteiger partial charge in [0.05, 0.1) is 6.04 Å². The fourth-order valence-electron chi connectivity index (χ4n) is 1.84. The summed E-state index contributed by atoms with van der Waals surface area (Å²) in [5.74, 6) is 0.513. The SMILES string of the molecule is CC(NC(=O)/C=C/c1cccc(N)c1)c1nncn1C. The number of anilines is 1. The number of nitrogens with one attached hydrogen (secondary N) is 1. The Hall–Kier alpha value is -2.63. The van der Waals surface area contributed by atoms with Crippen LogP contribution in [-0.4, -0.2) is 20.7 Å². The predicted octanol–water partition coefficient (Wildman–Crippen LogP) is 1.29. The third-order valence-corrected chi connectivity index (χ3v) is 2.83. The van der Waals surface area contributed by atoms with Crippen LogP contribution in [-0.2, 0) is 11.8 Å². The number of carbonyl (C=O) groups is 1. The highest BCUT2D eigenvalue weighted by atomic mass is 16.1. The standard InChI is InChI=1S/C14H17N5O/c1-10(14-18-16-9-19(14)2)17-13(20)7-6-11-4-3-5-12(15)8-11/h3-10H,15H2,1-2H3,(H,17,20)/b7-6+. The molecule has 0 radical (unpaired) electrons. The van der Waals surface area contributed by atoms with E-state index in [1.54, 1.807) is 29.1 Å². The van der Waals surface area contributed by atoms with Gasteiger partial charge in [-0.3, -0.25) is 4.79 Å². The molecule has 0 saturated carbocycles. The number of hydrogen-bond donors (Lipinski definition) is 2. The van der Waals surface area contributed by atoms with Crippen LogP contribution in [0.3, 0.4) is 0 Å². The van der Waals surface area contributed by atoms with Gasteiger partial charge in [0, 0.05) is 18.8 Å². The van der Waals surface area contributed by atoms with Gasteiger partial charge in [0.2, 0.25) is 5.91 Å². The van der Waals surface area contributed by atoms with Crippen molar-refractivity contribution in [3.63, 3.8) is 0 Å². The van der Waals surface area contributed by atoms with E-state index in [0.29, 0.717) is 11.5 Å². The van der Waals surface area contributed by atoms with Crippen molar-refractivity contribution in [2.75, 3.05) is 5.73 Å². The maximum atomic E-state index is 11.8. The topological polar surface area (TPSA) is 85.8 Å². The van der Waals surface area contributed by atoms with Crippen molar-refractivity contribution >= 4 is 17.7 Å². The van der Waals surface area contributed by atoms with Gasteiger partial charge < -0.3 is 15.6 Å². The Morgan fingerprint density at radius 2 is 2.30 bits per heavy atom. The highest BCUT2D eigenvalue weighted by Gasteiger charge is 2.12. The Morgan fingerprint density at radius 3 is 2.95 bits per heavy atom. The second-order valence-electron chi connectivity index (χ2n) is 4.53. The first-order valence-electron chi connectivity index (χ1n) is 6.24. The summed E-state index contributed by atoms with van der Waals surface area (Å²) in [4.78, 5) is 11.8. The van der Waals surface area contributed by atoms with E-state index in [0.717, 1.165) is 5.56 Å². The van der Waals surface area contributed by atoms with E-state index >= 15 is 0 Å². The number of aromatic nitrogens is 3. The molecule has 2 aromatic rings. The average molecular weight is 271 g/mol. The molecule has 6 heteroatoms. The largest absolute Gasteiger partial charge is 0.399 e. The molecule has 0 aliphatic rings. The second-order valence-corrected chi connectivity index (χ2v) is 4.53. The van der Waals surface area contributed by atoms with E-state index in [4.69, 9.17) is 5.73 Å². The van der Waals surface area contributed by atoms with Gasteiger partial charge in [-0.05, 0) is 30.7 Å². The zero-order chi connectivity index (χ0) is 14.5. The van der Waals surface area contributed by atoms with Gasteiger partial charge >= 0.3 is 0 Å². The van der Waals surface area contributed by atoms with E-state index in [1.165, 1.54) is 6.08 Å². The number of carbonyl (C=O) groups excluding carboxylic acids is 1. The second kappa shape index (κ2) is 6.01. The van der Waals surface area contributed by atoms with Crippen LogP contribution in [0.1, 0.15) is 24.4 Å². The highest BCUT2D eigenvalue weighted by molar-refractivity contribution is 5.92. The zero-order valence-electron chi connectivity index (χ0n) is 11.4. The first-order chi connectivity index (χ1) is 9.56. The number of benzene rings is 1. The summed E-state index contributed by atoms with van der Waals surface area (Å²) < 4.78 is 1.77. The smallest absolute Gasteiger partial charge is 0.244 e. The summed E-state index contributed by atoms with van der Waals surface area (Å²) in [5.41, 5.74) is 7.22. The fraction of sp³-hybridized carbons (Fsp3) is 0.214. The third-order valence-electron chi connectivity index (χ3n) is 2.83. The Morgan fingerprint density at radius 1 is 1.50 bits per heavy atom. The molecular weight excluding hydrogens is 254 g/mol. The molecule has 104 valence electrons. The summed E-state index contributed by atoms with van der Waals surface area (Å²) in [6.45, 7) is 1.86. The van der Waals surface area contributed by atoms with Crippen molar-refractivity contribution < 1.29 is 4.79 Å². The molecule has 3 N–H and O–H groups in total. The molecule has 1 aromatic carbocycles. The average Bonchev–Trinajstić information content (AvgIpc) is 2.83. The maximum Gasteiger partial charge on any atom is 0.244 e. The van der Waals surface area contributed by atoms with E-state index in [9.17, 15) is 4.79 Å². The molecule has 0 bridgehead atoms. The lowest BCUT2D eigenvalue weighted by Crippen LogP contribution is -2.26. The van der Waals surface area contributed by atoms with Gasteiger partial charge in [-0.1, -0.05) is 12.1 Å². The molecule has 1 atom stereocenters. The first kappa shape index (κ1) is 13.8. The van der Waals surface area contributed by atoms with Crippen molar-refractivity contribution in [1.82, 2.24) is 20.1 Å². The summed E-state index contributed by atoms with van der Waals surface area (Å²) in [6, 6.07) is 7.12. The summed E-state index contributed by atoms with van der Waals surface area (Å²) >= 11 is 0. The summed E-state index contributed by atoms with van der Waals surface area (Å²) in [7, 11) is 1.83. The lowest BCUT2D eigenvalue weighted by atomic mass is 10.2. The Bertz CT molecular complexity index is 632. The molecule has 2 rings (SSSR count). The minimum atomic E-state index is -0.208. The number of nitrogens with zero attached hydrogens (tertiary/aromatic N) is 3. The molecule has 1 amide bonds. The summed E-state index contributed by atoms with van der Waals surface area (Å²) in [6.07, 6.45) is 4.79. The van der Waals surface area contributed by atoms with Gasteiger partial charge in [-0.2, -0.15) is 0 Å². The van der Waals surface area contributed by atoms with Crippen LogP contribution in [0.4, 0.5) is 5.69 Å². The Balaban J connectivity index is 1.97. The van der Waals surface area contributed by atoms with Gasteiger partial charge in [-0.15, -0.1) is 10.2 Å². The molecule has 0 aliphatic heterocycles. The van der Waals surface area contributed by atoms with Crippen molar-refractivity contribution in [2.24, 2.45) is 7.05 Å². The number of amides is 1. The Labute approximate surface area is 117 Å². The van der Waals surface area contributed by atoms with Gasteiger partial charge in [0.15, 0.2) is 5.82 Å². The van der Waals surface area contributed by atoms with Gasteiger partial charge in [0.1, 0.15) is 6.33 Å². The lowest BCUT2D eigenvalue weighted by molar-refractivity contribution is -0.117. The normalized spacial score (nSPS) is 12.5. The third kappa shape index (κ3) is 3.44. The van der Waals surface area contributed by atoms with Crippen LogP contribution in [0.15, 0.2) is 36.7 Å². The maximum absolute atomic E-state index is 11.8. The first-order valence-corrected chi connectivity index (χ1v) is 6.24. The number of hydrogen-bond acceptors (Lipinski definition) is 4. The minimum absolute atomic E-state index is 0.192. The minimum Gasteiger partial charge on any atom is -0.399 e. The molecule has 1 heterocycles. The van der Waals surface area contributed by atoms with Crippen molar-refractivity contribution in [3.8, 4) is 0 Å². The number of nitrogens with two attached hydrogens (primary N) is 1. The number of aryl methyl sites for hydroxylation is 1. The van der Waals surface area contributed by atoms with Crippen molar-refractivity contribution in [3.05, 3.63) is 48.1 Å². The fourth-order valence-corrected chi connectivity index (χ4v) is 1.84. The predicted molar refractivity (Wildman–Crippen MR) is 77.4 cm³/mol. The number of nitrogen functional groups attached to an aromatic ring is 1. The van der Waals surface area contributed by atoms with Gasteiger partial charge in [-0.25, -0.2) is 0 Å². The van der Waals surface area contributed by atoms with Crippen LogP contribution in [0.25, 0.3) is 6.08 Å². The molecule has 0 fully saturated rings. The van der Waals surface area contributed by atoms with Crippen molar-refractivity contribution in [1.29, 1.82) is 0 Å². The molecule has 0 saturated heterocycles. The van der Waals surface area contributed by atoms with Crippen LogP contribution in [0.2, 0.25) is 0 Å². The molecular formula is C14H17N5O. The van der Waals surface area contributed by atoms with E-state index in [-0.39, 0.29) is 11.9 Å².